The molecule has 0 spiro atoms. The van der Waals surface area contributed by atoms with Crippen LogP contribution in [0.3, 0.4) is 0 Å². The molecule has 2 aromatic rings. The Bertz CT molecular complexity index is 817. The summed E-state index contributed by atoms with van der Waals surface area (Å²) in [6.45, 7) is 4.88. The standard InChI is InChI=1S/C21H30N4O3/c1-4-22-21(23-12-6-8-14-25-13-7-5-9-20(25)26)24-16-17-10-11-18(27-2)19(15-17)28-3/h5,7,9-11,13,15H,4,6,8,12,14,16H2,1-3H3,(H2,22,23,24). The average molecular weight is 386 g/mol. The molecule has 7 heteroatoms. The second-order valence-corrected chi connectivity index (χ2v) is 6.25. The molecule has 0 saturated carbocycles. The van der Waals surface area contributed by atoms with Crippen LogP contribution < -0.4 is 25.7 Å². The Morgan fingerprint density at radius 3 is 2.61 bits per heavy atom. The van der Waals surface area contributed by atoms with Gasteiger partial charge in [0.1, 0.15) is 0 Å². The molecule has 2 rings (SSSR count). The molecule has 0 fully saturated rings. The third-order valence-electron chi connectivity index (χ3n) is 4.23. The topological polar surface area (TPSA) is 76.9 Å². The molecule has 7 nitrogen and oxygen atoms in total. The SMILES string of the molecule is CCNC(=NCc1ccc(OC)c(OC)c1)NCCCCn1ccccc1=O. The van der Waals surface area contributed by atoms with E-state index in [-0.39, 0.29) is 5.56 Å². The Morgan fingerprint density at radius 2 is 1.89 bits per heavy atom. The van der Waals surface area contributed by atoms with Crippen molar-refractivity contribution in [3.8, 4) is 11.5 Å². The number of benzene rings is 1. The van der Waals surface area contributed by atoms with Crippen LogP contribution in [0.25, 0.3) is 0 Å². The van der Waals surface area contributed by atoms with E-state index in [2.05, 4.69) is 15.6 Å². The molecular formula is C21H30N4O3. The van der Waals surface area contributed by atoms with E-state index in [1.54, 1.807) is 30.9 Å². The van der Waals surface area contributed by atoms with E-state index >= 15 is 0 Å². The first kappa shape index (κ1) is 21.3. The van der Waals surface area contributed by atoms with Gasteiger partial charge in [0.2, 0.25) is 5.56 Å². The summed E-state index contributed by atoms with van der Waals surface area (Å²) < 4.78 is 12.3. The molecule has 0 unspecified atom stereocenters. The van der Waals surface area contributed by atoms with Crippen molar-refractivity contribution in [1.82, 2.24) is 15.2 Å². The van der Waals surface area contributed by atoms with E-state index in [0.29, 0.717) is 18.0 Å². The third-order valence-corrected chi connectivity index (χ3v) is 4.23. The van der Waals surface area contributed by atoms with Gasteiger partial charge in [-0.05, 0) is 43.5 Å². The van der Waals surface area contributed by atoms with Crippen LogP contribution in [0.4, 0.5) is 0 Å². The van der Waals surface area contributed by atoms with E-state index in [0.717, 1.165) is 44.0 Å². The first-order valence-electron chi connectivity index (χ1n) is 9.56. The number of guanidine groups is 1. The van der Waals surface area contributed by atoms with E-state index < -0.39 is 0 Å². The largest absolute Gasteiger partial charge is 0.493 e. The Kier molecular flexibility index (Phi) is 8.91. The van der Waals surface area contributed by atoms with Gasteiger partial charge in [0, 0.05) is 31.9 Å². The number of ether oxygens (including phenoxy) is 2. The molecule has 1 heterocycles. The molecule has 1 aromatic heterocycles. The van der Waals surface area contributed by atoms with Crippen molar-refractivity contribution in [2.24, 2.45) is 4.99 Å². The molecular weight excluding hydrogens is 356 g/mol. The predicted molar refractivity (Wildman–Crippen MR) is 112 cm³/mol. The van der Waals surface area contributed by atoms with Crippen molar-refractivity contribution in [2.75, 3.05) is 27.3 Å². The molecule has 1 aromatic carbocycles. The highest BCUT2D eigenvalue weighted by molar-refractivity contribution is 5.79. The summed E-state index contributed by atoms with van der Waals surface area (Å²) in [5.41, 5.74) is 1.08. The smallest absolute Gasteiger partial charge is 0.250 e. The van der Waals surface area contributed by atoms with Crippen LogP contribution in [0.1, 0.15) is 25.3 Å². The molecule has 0 amide bonds. The number of aliphatic imine (C=N–C) groups is 1. The lowest BCUT2D eigenvalue weighted by atomic mass is 10.2. The van der Waals surface area contributed by atoms with Gasteiger partial charge in [0.25, 0.3) is 0 Å². The summed E-state index contributed by atoms with van der Waals surface area (Å²) in [5.74, 6) is 2.18. The van der Waals surface area contributed by atoms with Crippen molar-refractivity contribution in [3.63, 3.8) is 0 Å². The van der Waals surface area contributed by atoms with Crippen molar-refractivity contribution in [1.29, 1.82) is 0 Å². The Labute approximate surface area is 166 Å². The zero-order valence-corrected chi connectivity index (χ0v) is 16.9. The maximum Gasteiger partial charge on any atom is 0.250 e. The Balaban J connectivity index is 1.83. The maximum atomic E-state index is 11.7. The fourth-order valence-electron chi connectivity index (χ4n) is 2.75. The average Bonchev–Trinajstić information content (AvgIpc) is 2.72. The van der Waals surface area contributed by atoms with Gasteiger partial charge in [-0.25, -0.2) is 4.99 Å². The highest BCUT2D eigenvalue weighted by atomic mass is 16.5. The van der Waals surface area contributed by atoms with Gasteiger partial charge >= 0.3 is 0 Å². The molecule has 2 N–H and O–H groups in total. The predicted octanol–water partition coefficient (Wildman–Crippen LogP) is 2.40. The summed E-state index contributed by atoms with van der Waals surface area (Å²) in [6, 6.07) is 11.0. The van der Waals surface area contributed by atoms with E-state index in [1.807, 2.05) is 37.4 Å². The molecule has 0 bridgehead atoms. The van der Waals surface area contributed by atoms with Gasteiger partial charge in [-0.15, -0.1) is 0 Å². The van der Waals surface area contributed by atoms with Crippen LogP contribution in [0.2, 0.25) is 0 Å². The highest BCUT2D eigenvalue weighted by Crippen LogP contribution is 2.27. The fourth-order valence-corrected chi connectivity index (χ4v) is 2.75. The molecule has 0 aliphatic heterocycles. The minimum absolute atomic E-state index is 0.0419. The monoisotopic (exact) mass is 386 g/mol. The lowest BCUT2D eigenvalue weighted by Crippen LogP contribution is -2.37. The summed E-state index contributed by atoms with van der Waals surface area (Å²) >= 11 is 0. The second kappa shape index (κ2) is 11.7. The van der Waals surface area contributed by atoms with Crippen molar-refractivity contribution in [3.05, 3.63) is 58.5 Å². The van der Waals surface area contributed by atoms with Crippen LogP contribution in [0, 0.1) is 0 Å². The van der Waals surface area contributed by atoms with E-state index in [9.17, 15) is 4.79 Å². The first-order valence-corrected chi connectivity index (χ1v) is 9.56. The lowest BCUT2D eigenvalue weighted by molar-refractivity contribution is 0.354. The first-order chi connectivity index (χ1) is 13.7. The Morgan fingerprint density at radius 1 is 1.07 bits per heavy atom. The van der Waals surface area contributed by atoms with Crippen LogP contribution in [0.5, 0.6) is 11.5 Å². The van der Waals surface area contributed by atoms with Crippen molar-refractivity contribution in [2.45, 2.75) is 32.9 Å². The van der Waals surface area contributed by atoms with Gasteiger partial charge < -0.3 is 24.7 Å². The van der Waals surface area contributed by atoms with Gasteiger partial charge in [-0.1, -0.05) is 12.1 Å². The van der Waals surface area contributed by atoms with E-state index in [1.165, 1.54) is 0 Å². The number of hydrogen-bond donors (Lipinski definition) is 2. The third kappa shape index (κ3) is 6.64. The van der Waals surface area contributed by atoms with Crippen molar-refractivity contribution < 1.29 is 9.47 Å². The molecule has 152 valence electrons. The Hall–Kier alpha value is -2.96. The second-order valence-electron chi connectivity index (χ2n) is 6.25. The highest BCUT2D eigenvalue weighted by Gasteiger charge is 2.05. The number of rotatable bonds is 10. The minimum atomic E-state index is 0.0419. The molecule has 0 aliphatic rings. The van der Waals surface area contributed by atoms with Gasteiger partial charge in [-0.2, -0.15) is 0 Å². The van der Waals surface area contributed by atoms with Gasteiger partial charge in [-0.3, -0.25) is 4.79 Å². The number of unbranched alkanes of at least 4 members (excludes halogenated alkanes) is 1. The number of pyridine rings is 1. The van der Waals surface area contributed by atoms with Crippen LogP contribution in [0.15, 0.2) is 52.4 Å². The number of aromatic nitrogens is 1. The zero-order chi connectivity index (χ0) is 20.2. The number of hydrogen-bond acceptors (Lipinski definition) is 4. The zero-order valence-electron chi connectivity index (χ0n) is 16.9. The lowest BCUT2D eigenvalue weighted by Gasteiger charge is -2.12. The molecule has 0 saturated heterocycles. The quantitative estimate of drug-likeness (QED) is 0.373. The summed E-state index contributed by atoms with van der Waals surface area (Å²) in [5, 5.41) is 6.59. The number of nitrogens with one attached hydrogen (secondary N) is 2. The molecule has 0 radical (unpaired) electrons. The van der Waals surface area contributed by atoms with Crippen LogP contribution in [-0.4, -0.2) is 37.8 Å². The van der Waals surface area contributed by atoms with Crippen LogP contribution >= 0.6 is 0 Å². The number of methoxy groups -OCH3 is 2. The maximum absolute atomic E-state index is 11.7. The molecule has 0 atom stereocenters. The van der Waals surface area contributed by atoms with Gasteiger partial charge in [0.15, 0.2) is 17.5 Å². The molecule has 28 heavy (non-hydrogen) atoms. The minimum Gasteiger partial charge on any atom is -0.493 e. The summed E-state index contributed by atoms with van der Waals surface area (Å²) in [6.07, 6.45) is 3.69. The van der Waals surface area contributed by atoms with Crippen molar-refractivity contribution >= 4 is 5.96 Å². The van der Waals surface area contributed by atoms with E-state index in [4.69, 9.17) is 9.47 Å². The number of nitrogens with zero attached hydrogens (tertiary/aromatic N) is 2. The summed E-state index contributed by atoms with van der Waals surface area (Å²) in [7, 11) is 3.25. The molecule has 0 aliphatic carbocycles. The summed E-state index contributed by atoms with van der Waals surface area (Å²) in [4.78, 5) is 16.3. The normalized spacial score (nSPS) is 11.2. The van der Waals surface area contributed by atoms with Gasteiger partial charge in [0.05, 0.1) is 20.8 Å². The fraction of sp³-hybridized carbons (Fsp3) is 0.429. The number of aryl methyl sites for hydroxylation is 1. The van der Waals surface area contributed by atoms with Crippen LogP contribution in [-0.2, 0) is 13.1 Å².